The van der Waals surface area contributed by atoms with E-state index in [1.807, 2.05) is 30.3 Å². The van der Waals surface area contributed by atoms with Gasteiger partial charge in [-0.1, -0.05) is 52.3 Å². The van der Waals surface area contributed by atoms with Crippen molar-refractivity contribution in [3.05, 3.63) is 71.3 Å². The van der Waals surface area contributed by atoms with Gasteiger partial charge >= 0.3 is 0 Å². The lowest BCUT2D eigenvalue weighted by atomic mass is 10.1. The Hall–Kier alpha value is -1.75. The summed E-state index contributed by atoms with van der Waals surface area (Å²) in [5.74, 6) is -1.84. The Morgan fingerprint density at radius 3 is 2.24 bits per heavy atom. The van der Waals surface area contributed by atoms with Gasteiger partial charge in [0.05, 0.1) is 12.5 Å². The molecule has 110 valence electrons. The Morgan fingerprint density at radius 2 is 1.67 bits per heavy atom. The third-order valence-corrected chi connectivity index (χ3v) is 3.74. The molecule has 1 unspecified atom stereocenters. The first-order valence-electron chi connectivity index (χ1n) is 6.45. The van der Waals surface area contributed by atoms with Gasteiger partial charge in [0, 0.05) is 10.9 Å². The topological polar surface area (TPSA) is 29.1 Å². The highest BCUT2D eigenvalue weighted by Crippen LogP contribution is 2.17. The SMILES string of the molecule is O=C(Cc1c(F)cccc1F)NC(CBr)c1ccccc1. The molecule has 1 atom stereocenters. The van der Waals surface area contributed by atoms with Crippen molar-refractivity contribution in [1.29, 1.82) is 0 Å². The van der Waals surface area contributed by atoms with E-state index < -0.39 is 17.5 Å². The molecule has 21 heavy (non-hydrogen) atoms. The molecule has 0 aliphatic carbocycles. The number of alkyl halides is 1. The Kier molecular flexibility index (Phi) is 5.44. The van der Waals surface area contributed by atoms with Crippen LogP contribution in [-0.4, -0.2) is 11.2 Å². The zero-order valence-corrected chi connectivity index (χ0v) is 12.7. The lowest BCUT2D eigenvalue weighted by Gasteiger charge is -2.17. The van der Waals surface area contributed by atoms with E-state index in [2.05, 4.69) is 21.2 Å². The average Bonchev–Trinajstić information content (AvgIpc) is 2.49. The van der Waals surface area contributed by atoms with Gasteiger partial charge < -0.3 is 5.32 Å². The van der Waals surface area contributed by atoms with E-state index in [0.29, 0.717) is 5.33 Å². The minimum Gasteiger partial charge on any atom is -0.348 e. The van der Waals surface area contributed by atoms with E-state index in [0.717, 1.165) is 17.7 Å². The van der Waals surface area contributed by atoms with Crippen LogP contribution < -0.4 is 5.32 Å². The first kappa shape index (κ1) is 15.6. The Balaban J connectivity index is 2.07. The molecule has 1 amide bonds. The summed E-state index contributed by atoms with van der Waals surface area (Å²) in [6, 6.07) is 12.7. The van der Waals surface area contributed by atoms with Gasteiger partial charge in [-0.3, -0.25) is 4.79 Å². The minimum atomic E-state index is -0.708. The van der Waals surface area contributed by atoms with E-state index in [-0.39, 0.29) is 18.0 Å². The number of hydrogen-bond acceptors (Lipinski definition) is 1. The summed E-state index contributed by atoms with van der Waals surface area (Å²) in [4.78, 5) is 12.0. The van der Waals surface area contributed by atoms with Crippen molar-refractivity contribution < 1.29 is 13.6 Å². The first-order chi connectivity index (χ1) is 10.1. The van der Waals surface area contributed by atoms with Crippen molar-refractivity contribution in [3.8, 4) is 0 Å². The van der Waals surface area contributed by atoms with E-state index in [1.54, 1.807) is 0 Å². The van der Waals surface area contributed by atoms with E-state index in [1.165, 1.54) is 6.07 Å². The van der Waals surface area contributed by atoms with Crippen LogP contribution >= 0.6 is 15.9 Å². The van der Waals surface area contributed by atoms with Crippen LogP contribution in [0.2, 0.25) is 0 Å². The Bertz CT molecular complexity index is 599. The van der Waals surface area contributed by atoms with Gasteiger partial charge in [-0.05, 0) is 17.7 Å². The first-order valence-corrected chi connectivity index (χ1v) is 7.57. The van der Waals surface area contributed by atoms with Crippen LogP contribution in [0.5, 0.6) is 0 Å². The molecule has 0 aliphatic heterocycles. The molecular weight excluding hydrogens is 340 g/mol. The predicted molar refractivity (Wildman–Crippen MR) is 81.2 cm³/mol. The van der Waals surface area contributed by atoms with Gasteiger partial charge in [0.2, 0.25) is 5.91 Å². The number of benzene rings is 2. The summed E-state index contributed by atoms with van der Waals surface area (Å²) < 4.78 is 27.0. The summed E-state index contributed by atoms with van der Waals surface area (Å²) in [6.07, 6.45) is -0.325. The summed E-state index contributed by atoms with van der Waals surface area (Å²) in [5.41, 5.74) is 0.716. The number of carbonyl (C=O) groups excluding carboxylic acids is 1. The van der Waals surface area contributed by atoms with Gasteiger partial charge in [-0.15, -0.1) is 0 Å². The van der Waals surface area contributed by atoms with E-state index in [9.17, 15) is 13.6 Å². The van der Waals surface area contributed by atoms with Crippen molar-refractivity contribution in [2.75, 3.05) is 5.33 Å². The predicted octanol–water partition coefficient (Wildman–Crippen LogP) is 3.76. The molecule has 2 rings (SSSR count). The average molecular weight is 354 g/mol. The monoisotopic (exact) mass is 353 g/mol. The molecule has 0 spiro atoms. The number of carbonyl (C=O) groups is 1. The smallest absolute Gasteiger partial charge is 0.225 e. The molecule has 0 bridgehead atoms. The molecule has 0 saturated carbocycles. The summed E-state index contributed by atoms with van der Waals surface area (Å²) in [5, 5.41) is 3.28. The molecule has 0 aliphatic rings. The normalized spacial score (nSPS) is 12.0. The second kappa shape index (κ2) is 7.31. The molecule has 0 heterocycles. The summed E-state index contributed by atoms with van der Waals surface area (Å²) in [6.45, 7) is 0. The molecule has 2 aromatic carbocycles. The maximum absolute atomic E-state index is 13.5. The van der Waals surface area contributed by atoms with Crippen molar-refractivity contribution in [2.24, 2.45) is 0 Å². The van der Waals surface area contributed by atoms with Crippen molar-refractivity contribution in [1.82, 2.24) is 5.32 Å². The number of rotatable bonds is 5. The lowest BCUT2D eigenvalue weighted by molar-refractivity contribution is -0.121. The number of halogens is 3. The molecule has 2 nitrogen and oxygen atoms in total. The number of hydrogen-bond donors (Lipinski definition) is 1. The fourth-order valence-electron chi connectivity index (χ4n) is 2.00. The zero-order valence-electron chi connectivity index (χ0n) is 11.2. The largest absolute Gasteiger partial charge is 0.348 e. The van der Waals surface area contributed by atoms with Crippen LogP contribution in [0.15, 0.2) is 48.5 Å². The van der Waals surface area contributed by atoms with Crippen LogP contribution in [0.1, 0.15) is 17.2 Å². The second-order valence-corrected chi connectivity index (χ2v) is 5.21. The van der Waals surface area contributed by atoms with Gasteiger partial charge in [0.15, 0.2) is 0 Å². The highest BCUT2D eigenvalue weighted by atomic mass is 79.9. The van der Waals surface area contributed by atoms with E-state index in [4.69, 9.17) is 0 Å². The van der Waals surface area contributed by atoms with Gasteiger partial charge in [-0.2, -0.15) is 0 Å². The Labute approximate surface area is 130 Å². The quantitative estimate of drug-likeness (QED) is 0.814. The highest BCUT2D eigenvalue weighted by Gasteiger charge is 2.17. The zero-order chi connectivity index (χ0) is 15.2. The van der Waals surface area contributed by atoms with Crippen molar-refractivity contribution in [2.45, 2.75) is 12.5 Å². The maximum Gasteiger partial charge on any atom is 0.225 e. The molecule has 0 aromatic heterocycles. The molecule has 5 heteroatoms. The maximum atomic E-state index is 13.5. The van der Waals surface area contributed by atoms with Crippen LogP contribution in [0.25, 0.3) is 0 Å². The molecule has 0 fully saturated rings. The van der Waals surface area contributed by atoms with Crippen molar-refractivity contribution >= 4 is 21.8 Å². The third kappa shape index (κ3) is 4.11. The van der Waals surface area contributed by atoms with Gasteiger partial charge in [0.1, 0.15) is 11.6 Å². The molecule has 0 radical (unpaired) electrons. The fraction of sp³-hybridized carbons (Fsp3) is 0.188. The van der Waals surface area contributed by atoms with Gasteiger partial charge in [-0.25, -0.2) is 8.78 Å². The minimum absolute atomic E-state index is 0.212. The van der Waals surface area contributed by atoms with E-state index >= 15 is 0 Å². The fourth-order valence-corrected chi connectivity index (χ4v) is 2.54. The number of nitrogens with one attached hydrogen (secondary N) is 1. The molecular formula is C16H14BrF2NO. The van der Waals surface area contributed by atoms with Gasteiger partial charge in [0.25, 0.3) is 0 Å². The third-order valence-electron chi connectivity index (χ3n) is 3.09. The molecule has 0 saturated heterocycles. The number of amides is 1. The molecule has 1 N–H and O–H groups in total. The molecule has 2 aromatic rings. The Morgan fingerprint density at radius 1 is 1.05 bits per heavy atom. The van der Waals surface area contributed by atoms with Crippen molar-refractivity contribution in [3.63, 3.8) is 0 Å². The summed E-state index contributed by atoms with van der Waals surface area (Å²) >= 11 is 3.33. The second-order valence-electron chi connectivity index (χ2n) is 4.56. The highest BCUT2D eigenvalue weighted by molar-refractivity contribution is 9.09. The summed E-state index contributed by atoms with van der Waals surface area (Å²) in [7, 11) is 0. The lowest BCUT2D eigenvalue weighted by Crippen LogP contribution is -2.31. The standard InChI is InChI=1S/C16H14BrF2NO/c17-10-15(11-5-2-1-3-6-11)20-16(21)9-12-13(18)7-4-8-14(12)19/h1-8,15H,9-10H2,(H,20,21). The van der Waals surface area contributed by atoms with Crippen LogP contribution in [0, 0.1) is 11.6 Å². The van der Waals surface area contributed by atoms with Crippen LogP contribution in [0.3, 0.4) is 0 Å². The van der Waals surface area contributed by atoms with Crippen LogP contribution in [0.4, 0.5) is 8.78 Å². The van der Waals surface area contributed by atoms with Crippen LogP contribution in [-0.2, 0) is 11.2 Å².